The lowest BCUT2D eigenvalue weighted by molar-refractivity contribution is -0.837. The Balaban J connectivity index is 0.792. The van der Waals surface area contributed by atoms with Crippen LogP contribution in [-0.2, 0) is 52.7 Å². The molecule has 342 valence electrons. The molecule has 5 heterocycles. The number of likely N-dealkylation sites (tertiary alicyclic amines) is 1. The lowest BCUT2D eigenvalue weighted by Crippen LogP contribution is -2.56. The van der Waals surface area contributed by atoms with E-state index in [9.17, 15) is 40.7 Å². The number of benzene rings is 4. The number of hydrogen-bond donors (Lipinski definition) is 0. The second-order valence-corrected chi connectivity index (χ2v) is 18.7. The number of anilines is 2. The van der Waals surface area contributed by atoms with Crippen molar-refractivity contribution in [2.24, 2.45) is 0 Å². The van der Waals surface area contributed by atoms with E-state index in [1.54, 1.807) is 102 Å². The molecule has 0 saturated carbocycles. The molecule has 1 saturated heterocycles. The zero-order valence-corrected chi connectivity index (χ0v) is 36.9. The van der Waals surface area contributed by atoms with Gasteiger partial charge < -0.3 is 24.0 Å². The van der Waals surface area contributed by atoms with Gasteiger partial charge in [-0.3, -0.25) is 9.59 Å². The lowest BCUT2D eigenvalue weighted by atomic mass is 10.1. The number of alkyl halides is 6. The van der Waals surface area contributed by atoms with Gasteiger partial charge in [0.25, 0.3) is 11.8 Å². The SMILES string of the molecule is O=C(COC(=O)[N+]1(CC(=O)N2CCc3cc(OCc4cc(-c5ccccc5)c(C(F)(F)F)s4)ccc32)CCCC1)N1CCc2cc(OCc3cc(-c4ccccc4)c(C(F)(F)F)s3)ccc21. The van der Waals surface area contributed by atoms with Gasteiger partial charge in [-0.15, -0.1) is 22.7 Å². The van der Waals surface area contributed by atoms with Crippen molar-refractivity contribution < 1.29 is 59.4 Å². The molecule has 3 aliphatic rings. The number of halogens is 6. The summed E-state index contributed by atoms with van der Waals surface area (Å²) in [5, 5.41) is 0. The fourth-order valence-electron chi connectivity index (χ4n) is 8.90. The average Bonchev–Trinajstić information content (AvgIpc) is 4.16. The summed E-state index contributed by atoms with van der Waals surface area (Å²) in [7, 11) is 0. The quantitative estimate of drug-likeness (QED) is 0.0897. The van der Waals surface area contributed by atoms with Crippen molar-refractivity contribution in [3.63, 3.8) is 0 Å². The molecule has 17 heteroatoms. The maximum Gasteiger partial charge on any atom is 0.516 e. The van der Waals surface area contributed by atoms with Gasteiger partial charge >= 0.3 is 18.4 Å². The third kappa shape index (κ3) is 9.42. The summed E-state index contributed by atoms with van der Waals surface area (Å²) >= 11 is 1.29. The summed E-state index contributed by atoms with van der Waals surface area (Å²) in [6, 6.07) is 30.1. The van der Waals surface area contributed by atoms with Crippen LogP contribution in [0.5, 0.6) is 11.5 Å². The fraction of sp³-hybridized carbons (Fsp3) is 0.286. The Morgan fingerprint density at radius 1 is 0.591 bits per heavy atom. The average molecular weight is 947 g/mol. The molecule has 0 atom stereocenters. The number of rotatable bonds is 12. The summed E-state index contributed by atoms with van der Waals surface area (Å²) in [5.41, 5.74) is 4.05. The molecule has 0 aliphatic carbocycles. The molecule has 3 amide bonds. The van der Waals surface area contributed by atoms with Crippen LogP contribution in [0.4, 0.5) is 42.5 Å². The number of carbonyl (C=O) groups is 3. The van der Waals surface area contributed by atoms with Crippen LogP contribution < -0.4 is 19.3 Å². The van der Waals surface area contributed by atoms with Gasteiger partial charge in [-0.1, -0.05) is 60.7 Å². The maximum absolute atomic E-state index is 13.9. The van der Waals surface area contributed by atoms with Crippen LogP contribution in [0.2, 0.25) is 0 Å². The molecule has 2 aromatic heterocycles. The Kier molecular flexibility index (Phi) is 12.4. The van der Waals surface area contributed by atoms with Crippen LogP contribution in [-0.4, -0.2) is 61.7 Å². The van der Waals surface area contributed by atoms with Crippen LogP contribution in [0.25, 0.3) is 22.3 Å². The summed E-state index contributed by atoms with van der Waals surface area (Å²) in [6.07, 6.45) is -7.29. The molecule has 0 N–H and O–H groups in total. The van der Waals surface area contributed by atoms with Crippen molar-refractivity contribution >= 4 is 52.0 Å². The minimum absolute atomic E-state index is 0.0696. The van der Waals surface area contributed by atoms with Crippen molar-refractivity contribution in [2.45, 2.75) is 51.2 Å². The summed E-state index contributed by atoms with van der Waals surface area (Å²) in [6.45, 7) is 0.631. The van der Waals surface area contributed by atoms with Crippen molar-refractivity contribution in [1.29, 1.82) is 0 Å². The third-order valence-corrected chi connectivity index (χ3v) is 14.4. The molecule has 3 aliphatic heterocycles. The second kappa shape index (κ2) is 18.2. The van der Waals surface area contributed by atoms with Gasteiger partial charge in [0.15, 0.2) is 13.2 Å². The summed E-state index contributed by atoms with van der Waals surface area (Å²) in [5.74, 6) is 0.182. The first-order chi connectivity index (χ1) is 31.6. The third-order valence-electron chi connectivity index (χ3n) is 12.1. The highest BCUT2D eigenvalue weighted by molar-refractivity contribution is 7.13. The standard InChI is InChI=1S/C49H42F6N3O6S2/c50-48(51,52)45-39(31-9-3-1-4-10-31)25-37(65-45)28-62-35-13-15-41-33(23-35)17-19-56(41)43(59)27-58(21-7-8-22-58)47(61)64-30-44(60)57-20-18-34-24-36(14-16-42(34)57)63-29-38-26-40(32-11-5-2-6-12-32)46(66-38)49(53,54)55/h1-6,9-16,23-26H,7-8,17-22,27-30H2/q+1. The maximum atomic E-state index is 13.9. The topological polar surface area (TPSA) is 85.4 Å². The number of nitrogens with zero attached hydrogens (tertiary/aromatic N) is 3. The van der Waals surface area contributed by atoms with Gasteiger partial charge in [-0.25, -0.2) is 4.48 Å². The van der Waals surface area contributed by atoms with E-state index in [2.05, 4.69) is 0 Å². The molecule has 66 heavy (non-hydrogen) atoms. The van der Waals surface area contributed by atoms with E-state index >= 15 is 0 Å². The Morgan fingerprint density at radius 3 is 1.50 bits per heavy atom. The Labute approximate surface area is 383 Å². The molecule has 9 rings (SSSR count). The number of thiophene rings is 2. The van der Waals surface area contributed by atoms with Gasteiger partial charge in [0.2, 0.25) is 0 Å². The number of fused-ring (bicyclic) bond motifs is 2. The van der Waals surface area contributed by atoms with E-state index in [1.165, 1.54) is 17.0 Å². The Bertz CT molecular complexity index is 2770. The fourth-order valence-corrected chi connectivity index (χ4v) is 10.8. The Morgan fingerprint density at radius 2 is 1.05 bits per heavy atom. The monoisotopic (exact) mass is 946 g/mol. The first kappa shape index (κ1) is 45.0. The predicted molar refractivity (Wildman–Crippen MR) is 239 cm³/mol. The molecule has 0 radical (unpaired) electrons. The molecule has 0 unspecified atom stereocenters. The second-order valence-electron chi connectivity index (χ2n) is 16.4. The van der Waals surface area contributed by atoms with Crippen LogP contribution in [0.1, 0.15) is 43.5 Å². The van der Waals surface area contributed by atoms with Gasteiger partial charge in [-0.05, 0) is 83.6 Å². The Hall–Kier alpha value is -6.17. The number of hydrogen-bond acceptors (Lipinski definition) is 8. The van der Waals surface area contributed by atoms with Crippen molar-refractivity contribution in [3.8, 4) is 33.8 Å². The minimum Gasteiger partial charge on any atom is -0.488 e. The van der Waals surface area contributed by atoms with E-state index in [0.29, 0.717) is 118 Å². The largest absolute Gasteiger partial charge is 0.516 e. The molecular weight excluding hydrogens is 905 g/mol. The van der Waals surface area contributed by atoms with Crippen LogP contribution in [0.15, 0.2) is 109 Å². The minimum atomic E-state index is -4.52. The van der Waals surface area contributed by atoms with Gasteiger partial charge in [0.05, 0.1) is 13.1 Å². The van der Waals surface area contributed by atoms with E-state index < -0.39 is 40.7 Å². The highest BCUT2D eigenvalue weighted by atomic mass is 32.1. The van der Waals surface area contributed by atoms with Crippen molar-refractivity contribution in [2.75, 3.05) is 49.1 Å². The smallest absolute Gasteiger partial charge is 0.488 e. The van der Waals surface area contributed by atoms with Crippen molar-refractivity contribution in [1.82, 2.24) is 0 Å². The predicted octanol–water partition coefficient (Wildman–Crippen LogP) is 11.6. The molecule has 4 aromatic carbocycles. The number of ether oxygens (including phenoxy) is 3. The van der Waals surface area contributed by atoms with Gasteiger partial charge in [0, 0.05) is 58.2 Å². The lowest BCUT2D eigenvalue weighted by Gasteiger charge is -2.31. The first-order valence-electron chi connectivity index (χ1n) is 21.3. The molecule has 0 bridgehead atoms. The van der Waals surface area contributed by atoms with E-state index in [0.717, 1.165) is 11.1 Å². The number of amides is 3. The highest BCUT2D eigenvalue weighted by Crippen LogP contribution is 2.45. The zero-order chi connectivity index (χ0) is 46.2. The molecule has 9 nitrogen and oxygen atoms in total. The normalized spacial score (nSPS) is 15.4. The molecule has 0 spiro atoms. The number of carbonyl (C=O) groups excluding carboxylic acids is 3. The summed E-state index contributed by atoms with van der Waals surface area (Å²) < 4.78 is 101. The van der Waals surface area contributed by atoms with Crippen LogP contribution in [0, 0.1) is 0 Å². The molecule has 6 aromatic rings. The van der Waals surface area contributed by atoms with Crippen molar-refractivity contribution in [3.05, 3.63) is 140 Å². The first-order valence-corrected chi connectivity index (χ1v) is 22.9. The van der Waals surface area contributed by atoms with Crippen LogP contribution in [0.3, 0.4) is 0 Å². The van der Waals surface area contributed by atoms with Crippen LogP contribution >= 0.6 is 22.7 Å². The molecular formula is C49H42F6N3O6S2+. The number of quaternary nitrogens is 1. The van der Waals surface area contributed by atoms with E-state index in [1.807, 2.05) is 0 Å². The van der Waals surface area contributed by atoms with E-state index in [-0.39, 0.29) is 41.3 Å². The van der Waals surface area contributed by atoms with E-state index in [4.69, 9.17) is 14.2 Å². The molecule has 1 fully saturated rings. The zero-order valence-electron chi connectivity index (χ0n) is 35.3. The van der Waals surface area contributed by atoms with Gasteiger partial charge in [0.1, 0.15) is 34.5 Å². The highest BCUT2D eigenvalue weighted by Gasteiger charge is 2.46. The van der Waals surface area contributed by atoms with Gasteiger partial charge in [-0.2, -0.15) is 31.1 Å². The summed E-state index contributed by atoms with van der Waals surface area (Å²) in [4.78, 5) is 43.7.